The highest BCUT2D eigenvalue weighted by atomic mass is 35.5. The molecule has 2 amide bonds. The van der Waals surface area contributed by atoms with Crippen molar-refractivity contribution in [2.45, 2.75) is 25.4 Å². The first-order valence-corrected chi connectivity index (χ1v) is 13.4. The van der Waals surface area contributed by atoms with Gasteiger partial charge in [-0.2, -0.15) is 0 Å². The van der Waals surface area contributed by atoms with Crippen molar-refractivity contribution in [3.63, 3.8) is 0 Å². The highest BCUT2D eigenvalue weighted by Crippen LogP contribution is 2.36. The second-order valence-corrected chi connectivity index (χ2v) is 10.3. The zero-order valence-electron chi connectivity index (χ0n) is 21.4. The number of nitrogens with one attached hydrogen (secondary N) is 1. The molecule has 0 fully saturated rings. The number of fused-ring (bicyclic) bond motifs is 2. The topological polar surface area (TPSA) is 112 Å². The van der Waals surface area contributed by atoms with E-state index in [9.17, 15) is 19.5 Å². The van der Waals surface area contributed by atoms with Gasteiger partial charge in [0.2, 0.25) is 0 Å². The van der Waals surface area contributed by atoms with Crippen molar-refractivity contribution in [3.8, 4) is 0 Å². The highest BCUT2D eigenvalue weighted by Gasteiger charge is 2.37. The Kier molecular flexibility index (Phi) is 6.88. The molecule has 2 N–H and O–H groups in total. The molecule has 0 saturated heterocycles. The van der Waals surface area contributed by atoms with Crippen LogP contribution in [-0.4, -0.2) is 51.4 Å². The van der Waals surface area contributed by atoms with Crippen molar-refractivity contribution in [2.75, 3.05) is 18.4 Å². The van der Waals surface area contributed by atoms with Gasteiger partial charge in [-0.15, -0.1) is 0 Å². The van der Waals surface area contributed by atoms with Crippen LogP contribution in [-0.2, 0) is 17.6 Å². The SMILES string of the molecule is O=C1CC=CC(=NC[C@@H](O)c2cccc(Cl)c2)C1=C1Cc2cc3c(cc2N1)C(=O)N(CCc1cccnc1)C3=O. The van der Waals surface area contributed by atoms with Gasteiger partial charge in [0.1, 0.15) is 0 Å². The monoisotopic (exact) mass is 552 g/mol. The minimum Gasteiger partial charge on any atom is -0.386 e. The molecule has 0 bridgehead atoms. The number of carbonyl (C=O) groups excluding carboxylic acids is 3. The van der Waals surface area contributed by atoms with Crippen LogP contribution in [0.25, 0.3) is 0 Å². The number of nitrogens with zero attached hydrogens (tertiary/aromatic N) is 3. The van der Waals surface area contributed by atoms with Crippen LogP contribution in [0.5, 0.6) is 0 Å². The number of hydrogen-bond donors (Lipinski definition) is 2. The number of hydrogen-bond acceptors (Lipinski definition) is 7. The van der Waals surface area contributed by atoms with Gasteiger partial charge in [0.25, 0.3) is 11.8 Å². The lowest BCUT2D eigenvalue weighted by molar-refractivity contribution is -0.114. The Labute approximate surface area is 235 Å². The lowest BCUT2D eigenvalue weighted by atomic mass is 9.93. The van der Waals surface area contributed by atoms with E-state index >= 15 is 0 Å². The maximum absolute atomic E-state index is 13.1. The Balaban J connectivity index is 1.23. The Morgan fingerprint density at radius 1 is 1.07 bits per heavy atom. The van der Waals surface area contributed by atoms with Gasteiger partial charge in [0.05, 0.1) is 35.1 Å². The number of aliphatic hydroxyl groups excluding tert-OH is 1. The molecule has 200 valence electrons. The van der Waals surface area contributed by atoms with Gasteiger partial charge in [-0.3, -0.25) is 29.3 Å². The van der Waals surface area contributed by atoms with E-state index in [1.54, 1.807) is 60.9 Å². The lowest BCUT2D eigenvalue weighted by Crippen LogP contribution is -2.31. The smallest absolute Gasteiger partial charge is 0.261 e. The van der Waals surface area contributed by atoms with Gasteiger partial charge in [0, 0.05) is 48.2 Å². The van der Waals surface area contributed by atoms with Crippen molar-refractivity contribution >= 4 is 40.6 Å². The molecule has 0 unspecified atom stereocenters. The van der Waals surface area contributed by atoms with E-state index < -0.39 is 6.10 Å². The van der Waals surface area contributed by atoms with Crippen LogP contribution in [0.15, 0.2) is 89.3 Å². The molecule has 0 spiro atoms. The van der Waals surface area contributed by atoms with Crippen molar-refractivity contribution < 1.29 is 19.5 Å². The third kappa shape index (κ3) is 4.87. The third-order valence-corrected chi connectivity index (χ3v) is 7.51. The number of imide groups is 1. The average Bonchev–Trinajstić information content (AvgIpc) is 3.47. The van der Waals surface area contributed by atoms with Gasteiger partial charge in [-0.25, -0.2) is 0 Å². The molecule has 0 saturated carbocycles. The Hall–Kier alpha value is -4.40. The van der Waals surface area contributed by atoms with Crippen LogP contribution >= 0.6 is 11.6 Å². The van der Waals surface area contributed by atoms with E-state index in [4.69, 9.17) is 11.6 Å². The number of halogens is 1. The van der Waals surface area contributed by atoms with Gasteiger partial charge in [0.15, 0.2) is 5.78 Å². The van der Waals surface area contributed by atoms with Crippen LogP contribution < -0.4 is 5.32 Å². The largest absolute Gasteiger partial charge is 0.386 e. The quantitative estimate of drug-likeness (QED) is 0.344. The molecule has 1 atom stereocenters. The van der Waals surface area contributed by atoms with Crippen LogP contribution in [0.2, 0.25) is 5.02 Å². The van der Waals surface area contributed by atoms with E-state index in [1.807, 2.05) is 12.1 Å². The fourth-order valence-electron chi connectivity index (χ4n) is 5.25. The number of Topliss-reactive ketones (excluding diaryl/α,β-unsaturated/α-hetero) is 1. The van der Waals surface area contributed by atoms with E-state index in [1.165, 1.54) is 4.90 Å². The summed E-state index contributed by atoms with van der Waals surface area (Å²) in [5, 5.41) is 14.5. The number of amides is 2. The van der Waals surface area contributed by atoms with Gasteiger partial charge in [-0.1, -0.05) is 35.9 Å². The molecular weight excluding hydrogens is 528 g/mol. The Bertz CT molecular complexity index is 1600. The molecule has 9 heteroatoms. The highest BCUT2D eigenvalue weighted by molar-refractivity contribution is 6.30. The van der Waals surface area contributed by atoms with Gasteiger partial charge >= 0.3 is 0 Å². The third-order valence-electron chi connectivity index (χ3n) is 7.28. The molecule has 1 aliphatic carbocycles. The molecule has 3 heterocycles. The van der Waals surface area contributed by atoms with Gasteiger partial charge < -0.3 is 10.4 Å². The number of benzene rings is 2. The number of pyridine rings is 1. The number of carbonyl (C=O) groups is 3. The summed E-state index contributed by atoms with van der Waals surface area (Å²) in [5.74, 6) is -0.736. The predicted octanol–water partition coefficient (Wildman–Crippen LogP) is 4.50. The second kappa shape index (κ2) is 10.6. The number of aromatic nitrogens is 1. The second-order valence-electron chi connectivity index (χ2n) is 9.91. The maximum Gasteiger partial charge on any atom is 0.261 e. The first kappa shape index (κ1) is 25.9. The van der Waals surface area contributed by atoms with Crippen molar-refractivity contribution in [1.29, 1.82) is 0 Å². The molecule has 1 aromatic heterocycles. The molecule has 2 aromatic carbocycles. The van der Waals surface area contributed by atoms with E-state index in [-0.39, 0.29) is 37.1 Å². The number of anilines is 1. The van der Waals surface area contributed by atoms with Crippen LogP contribution in [0.1, 0.15) is 49.9 Å². The molecule has 6 rings (SSSR count). The summed E-state index contributed by atoms with van der Waals surface area (Å²) in [7, 11) is 0. The summed E-state index contributed by atoms with van der Waals surface area (Å²) in [5.41, 5.74) is 5.43. The number of aliphatic imine (C=N–C) groups is 1. The molecule has 8 nitrogen and oxygen atoms in total. The van der Waals surface area contributed by atoms with Crippen molar-refractivity contribution in [1.82, 2.24) is 9.88 Å². The normalized spacial score (nSPS) is 19.7. The van der Waals surface area contributed by atoms with Crippen molar-refractivity contribution in [3.05, 3.63) is 117 Å². The van der Waals surface area contributed by atoms with Crippen LogP contribution in [0, 0.1) is 0 Å². The summed E-state index contributed by atoms with van der Waals surface area (Å²) >= 11 is 6.05. The van der Waals surface area contributed by atoms with E-state index in [2.05, 4.69) is 15.3 Å². The fraction of sp³-hybridized carbons (Fsp3) is 0.194. The Morgan fingerprint density at radius 3 is 2.67 bits per heavy atom. The van der Waals surface area contributed by atoms with E-state index in [0.717, 1.165) is 11.1 Å². The Morgan fingerprint density at radius 2 is 1.90 bits per heavy atom. The summed E-state index contributed by atoms with van der Waals surface area (Å²) in [6.07, 6.45) is 7.23. The summed E-state index contributed by atoms with van der Waals surface area (Å²) in [6.45, 7) is 0.330. The average molecular weight is 553 g/mol. The predicted molar refractivity (Wildman–Crippen MR) is 152 cm³/mol. The fourth-order valence-corrected chi connectivity index (χ4v) is 5.45. The van der Waals surface area contributed by atoms with Crippen molar-refractivity contribution in [2.24, 2.45) is 4.99 Å². The molecule has 40 heavy (non-hydrogen) atoms. The minimum atomic E-state index is -0.877. The van der Waals surface area contributed by atoms with Crippen LogP contribution in [0.3, 0.4) is 0 Å². The lowest BCUT2D eigenvalue weighted by Gasteiger charge is -2.16. The minimum absolute atomic E-state index is 0.0587. The number of allylic oxidation sites excluding steroid dienone is 4. The number of rotatable bonds is 6. The first-order valence-electron chi connectivity index (χ1n) is 13.0. The van der Waals surface area contributed by atoms with Gasteiger partial charge in [-0.05, 0) is 59.5 Å². The summed E-state index contributed by atoms with van der Waals surface area (Å²) in [4.78, 5) is 49.2. The molecule has 3 aromatic rings. The number of aliphatic hydroxyl groups is 1. The maximum atomic E-state index is 13.1. The zero-order valence-corrected chi connectivity index (χ0v) is 22.2. The van der Waals surface area contributed by atoms with E-state index in [0.29, 0.717) is 57.2 Å². The molecule has 0 radical (unpaired) electrons. The molecular formula is C31H25ClN4O4. The molecule has 3 aliphatic rings. The first-order chi connectivity index (χ1) is 19.4. The number of ketones is 1. The standard InChI is InChI=1S/C31H25ClN4O4/c32-21-6-1-5-19(12-21)28(38)17-34-24-7-2-8-27(37)29(24)26-14-20-13-22-23(15-25(20)35-26)31(40)36(30(22)39)11-9-18-4-3-10-33-16-18/h1-7,10,12-13,15-16,28,35,38H,8-9,11,14,17H2/t28-/m1/s1. The van der Waals surface area contributed by atoms with Crippen LogP contribution in [0.4, 0.5) is 5.69 Å². The molecule has 2 aliphatic heterocycles. The summed E-state index contributed by atoms with van der Waals surface area (Å²) < 4.78 is 0. The zero-order chi connectivity index (χ0) is 27.8. The summed E-state index contributed by atoms with van der Waals surface area (Å²) in [6, 6.07) is 14.1.